The summed E-state index contributed by atoms with van der Waals surface area (Å²) in [5.74, 6) is 0.681. The minimum atomic E-state index is -3.52. The van der Waals surface area contributed by atoms with Crippen LogP contribution < -0.4 is 0 Å². The van der Waals surface area contributed by atoms with Crippen LogP contribution in [0.3, 0.4) is 0 Å². The van der Waals surface area contributed by atoms with Gasteiger partial charge in [-0.25, -0.2) is 8.42 Å². The van der Waals surface area contributed by atoms with Crippen molar-refractivity contribution in [2.24, 2.45) is 0 Å². The van der Waals surface area contributed by atoms with Gasteiger partial charge in [0.05, 0.1) is 12.8 Å². The molecule has 28 heavy (non-hydrogen) atoms. The first-order valence-corrected chi connectivity index (χ1v) is 12.7. The lowest BCUT2D eigenvalue weighted by molar-refractivity contribution is 0.153. The number of likely N-dealkylation sites (tertiary alicyclic amines) is 1. The Bertz CT molecular complexity index is 927. The molecule has 0 atom stereocenters. The van der Waals surface area contributed by atoms with Gasteiger partial charge in [-0.05, 0) is 67.4 Å². The van der Waals surface area contributed by atoms with E-state index in [0.29, 0.717) is 9.97 Å². The normalized spacial score (nSPS) is 16.8. The molecule has 0 aliphatic carbocycles. The molecule has 5 nitrogen and oxygen atoms in total. The topological polar surface area (TPSA) is 53.8 Å². The largest absolute Gasteiger partial charge is 0.468 e. The summed E-state index contributed by atoms with van der Waals surface area (Å²) < 4.78 is 34.0. The van der Waals surface area contributed by atoms with Crippen LogP contribution in [0, 0.1) is 0 Å². The highest BCUT2D eigenvalue weighted by Gasteiger charge is 2.35. The number of thiophene rings is 2. The first-order valence-electron chi connectivity index (χ1n) is 9.45. The summed E-state index contributed by atoms with van der Waals surface area (Å²) >= 11 is 3.07. The van der Waals surface area contributed by atoms with E-state index < -0.39 is 10.0 Å². The lowest BCUT2D eigenvalue weighted by Gasteiger charge is -2.37. The number of piperidine rings is 1. The second-order valence-corrected chi connectivity index (χ2v) is 11.1. The fraction of sp³-hybridized carbons (Fsp3) is 0.400. The molecule has 0 radical (unpaired) electrons. The van der Waals surface area contributed by atoms with Gasteiger partial charge in [0.25, 0.3) is 10.0 Å². The van der Waals surface area contributed by atoms with Gasteiger partial charge in [0.1, 0.15) is 9.97 Å². The average Bonchev–Trinajstić information content (AvgIpc) is 3.48. The molecule has 0 saturated carbocycles. The summed E-state index contributed by atoms with van der Waals surface area (Å²) in [6.07, 6.45) is 4.34. The number of hydrogen-bond donors (Lipinski definition) is 0. The van der Waals surface area contributed by atoms with Gasteiger partial charge in [0, 0.05) is 17.5 Å². The molecule has 150 valence electrons. The maximum atomic E-state index is 13.3. The van der Waals surface area contributed by atoms with Crippen LogP contribution in [0.5, 0.6) is 0 Å². The summed E-state index contributed by atoms with van der Waals surface area (Å²) in [6.45, 7) is 3.16. The summed E-state index contributed by atoms with van der Waals surface area (Å²) in [5, 5.41) is 3.93. The van der Waals surface area contributed by atoms with Crippen molar-refractivity contribution in [2.45, 2.75) is 36.1 Å². The van der Waals surface area contributed by atoms with Crippen LogP contribution in [0.15, 0.2) is 62.0 Å². The third-order valence-corrected chi connectivity index (χ3v) is 9.38. The van der Waals surface area contributed by atoms with Crippen LogP contribution >= 0.6 is 22.7 Å². The van der Waals surface area contributed by atoms with Crippen LogP contribution in [-0.4, -0.2) is 43.3 Å². The van der Waals surface area contributed by atoms with E-state index in [1.807, 2.05) is 11.4 Å². The Balaban J connectivity index is 1.44. The van der Waals surface area contributed by atoms with Gasteiger partial charge >= 0.3 is 0 Å². The highest BCUT2D eigenvalue weighted by Crippen LogP contribution is 2.29. The van der Waals surface area contributed by atoms with E-state index in [9.17, 15) is 8.42 Å². The molecule has 4 heterocycles. The summed E-state index contributed by atoms with van der Waals surface area (Å²) in [4.78, 5) is 3.85. The first-order chi connectivity index (χ1) is 13.6. The summed E-state index contributed by atoms with van der Waals surface area (Å²) in [5.41, 5.74) is 0. The van der Waals surface area contributed by atoms with Crippen molar-refractivity contribution in [2.75, 3.05) is 19.6 Å². The Hall–Kier alpha value is -1.45. The standard InChI is InChI=1S/C20H24N2O3S3/c23-28(24,20-6-3-15-27-20)22(16-18-4-1-13-25-18)17-7-10-21(11-8-17)12-9-19-5-2-14-26-19/h1-6,13-15,17H,7-12,16H2. The van der Waals surface area contributed by atoms with E-state index in [1.165, 1.54) is 16.2 Å². The Morgan fingerprint density at radius 3 is 2.50 bits per heavy atom. The van der Waals surface area contributed by atoms with Gasteiger partial charge in [0.15, 0.2) is 0 Å². The molecule has 0 N–H and O–H groups in total. The Morgan fingerprint density at radius 2 is 1.86 bits per heavy atom. The van der Waals surface area contributed by atoms with Crippen LogP contribution in [0.25, 0.3) is 0 Å². The molecule has 0 spiro atoms. The van der Waals surface area contributed by atoms with Crippen LogP contribution in [0.2, 0.25) is 0 Å². The van der Waals surface area contributed by atoms with Crippen molar-refractivity contribution < 1.29 is 12.8 Å². The zero-order valence-electron chi connectivity index (χ0n) is 15.6. The lowest BCUT2D eigenvalue weighted by atomic mass is 10.0. The third kappa shape index (κ3) is 4.58. The molecule has 8 heteroatoms. The predicted molar refractivity (Wildman–Crippen MR) is 113 cm³/mol. The molecule has 0 bridgehead atoms. The lowest BCUT2D eigenvalue weighted by Crippen LogP contribution is -2.47. The number of furan rings is 1. The van der Waals surface area contributed by atoms with E-state index in [2.05, 4.69) is 22.4 Å². The molecule has 0 aromatic carbocycles. The van der Waals surface area contributed by atoms with Gasteiger partial charge in [-0.3, -0.25) is 0 Å². The van der Waals surface area contributed by atoms with Crippen molar-refractivity contribution in [3.05, 3.63) is 64.1 Å². The van der Waals surface area contributed by atoms with E-state index in [4.69, 9.17) is 4.42 Å². The maximum Gasteiger partial charge on any atom is 0.253 e. The SMILES string of the molecule is O=S(=O)(c1cccs1)N(Cc1ccco1)C1CCN(CCc2cccs2)CC1. The Kier molecular flexibility index (Phi) is 6.32. The van der Waals surface area contributed by atoms with Crippen LogP contribution in [0.1, 0.15) is 23.5 Å². The van der Waals surface area contributed by atoms with Crippen molar-refractivity contribution >= 4 is 32.7 Å². The molecular formula is C20H24N2O3S3. The molecule has 1 fully saturated rings. The van der Waals surface area contributed by atoms with Gasteiger partial charge in [-0.1, -0.05) is 12.1 Å². The van der Waals surface area contributed by atoms with Gasteiger partial charge in [-0.15, -0.1) is 22.7 Å². The zero-order chi connectivity index (χ0) is 19.4. The maximum absolute atomic E-state index is 13.3. The van der Waals surface area contributed by atoms with Gasteiger partial charge in [-0.2, -0.15) is 4.31 Å². The molecule has 0 amide bonds. The van der Waals surface area contributed by atoms with Crippen molar-refractivity contribution in [3.63, 3.8) is 0 Å². The van der Waals surface area contributed by atoms with Crippen LogP contribution in [-0.2, 0) is 23.0 Å². The van der Waals surface area contributed by atoms with Gasteiger partial charge in [0.2, 0.25) is 0 Å². The quantitative estimate of drug-likeness (QED) is 0.528. The third-order valence-electron chi connectivity index (χ3n) is 5.17. The van der Waals surface area contributed by atoms with E-state index in [-0.39, 0.29) is 12.6 Å². The van der Waals surface area contributed by atoms with E-state index in [1.54, 1.807) is 40.1 Å². The number of hydrogen-bond acceptors (Lipinski definition) is 6. The van der Waals surface area contributed by atoms with E-state index in [0.717, 1.165) is 38.9 Å². The van der Waals surface area contributed by atoms with Gasteiger partial charge < -0.3 is 9.32 Å². The fourth-order valence-electron chi connectivity index (χ4n) is 3.65. The van der Waals surface area contributed by atoms with E-state index >= 15 is 0 Å². The first kappa shape index (κ1) is 19.8. The van der Waals surface area contributed by atoms with Crippen molar-refractivity contribution in [1.82, 2.24) is 9.21 Å². The van der Waals surface area contributed by atoms with Crippen LogP contribution in [0.4, 0.5) is 0 Å². The Morgan fingerprint density at radius 1 is 1.07 bits per heavy atom. The minimum Gasteiger partial charge on any atom is -0.468 e. The smallest absolute Gasteiger partial charge is 0.253 e. The molecule has 1 saturated heterocycles. The monoisotopic (exact) mass is 436 g/mol. The molecule has 1 aliphatic rings. The second kappa shape index (κ2) is 8.92. The molecule has 1 aliphatic heterocycles. The zero-order valence-corrected chi connectivity index (χ0v) is 18.0. The number of rotatable bonds is 8. The number of nitrogens with zero attached hydrogens (tertiary/aromatic N) is 2. The highest BCUT2D eigenvalue weighted by molar-refractivity contribution is 7.91. The molecule has 4 rings (SSSR count). The molecular weight excluding hydrogens is 412 g/mol. The average molecular weight is 437 g/mol. The molecule has 3 aromatic rings. The summed E-state index contributed by atoms with van der Waals surface area (Å²) in [6, 6.07) is 11.4. The predicted octanol–water partition coefficient (Wildman–Crippen LogP) is 4.30. The number of sulfonamides is 1. The van der Waals surface area contributed by atoms with Crippen molar-refractivity contribution in [3.8, 4) is 0 Å². The molecule has 0 unspecified atom stereocenters. The second-order valence-electron chi connectivity index (χ2n) is 6.96. The minimum absolute atomic E-state index is 0.00446. The highest BCUT2D eigenvalue weighted by atomic mass is 32.2. The summed E-state index contributed by atoms with van der Waals surface area (Å²) in [7, 11) is -3.52. The molecule has 3 aromatic heterocycles. The van der Waals surface area contributed by atoms with Crippen molar-refractivity contribution in [1.29, 1.82) is 0 Å². The Labute approximate surface area is 174 Å². The fourth-order valence-corrected chi connectivity index (χ4v) is 7.12.